The van der Waals surface area contributed by atoms with E-state index in [-0.39, 0.29) is 0 Å². The van der Waals surface area contributed by atoms with Gasteiger partial charge < -0.3 is 9.64 Å². The minimum absolute atomic E-state index is 0.798. The minimum Gasteiger partial charge on any atom is -0.384 e. The Morgan fingerprint density at radius 3 is 3.00 bits per heavy atom. The summed E-state index contributed by atoms with van der Waals surface area (Å²) >= 11 is 0. The molecule has 0 radical (unpaired) electrons. The van der Waals surface area contributed by atoms with Gasteiger partial charge in [-0.3, -0.25) is 0 Å². The van der Waals surface area contributed by atoms with E-state index in [2.05, 4.69) is 11.8 Å². The fourth-order valence-corrected chi connectivity index (χ4v) is 1.87. The SMILES string of the molecule is CCCCN1CC[C@H](COC)C1. The highest BCUT2D eigenvalue weighted by atomic mass is 16.5. The normalized spacial score (nSPS) is 25.0. The van der Waals surface area contributed by atoms with Crippen LogP contribution >= 0.6 is 0 Å². The van der Waals surface area contributed by atoms with Crippen molar-refractivity contribution in [3.63, 3.8) is 0 Å². The molecule has 0 aromatic rings. The molecule has 0 spiro atoms. The van der Waals surface area contributed by atoms with E-state index < -0.39 is 0 Å². The summed E-state index contributed by atoms with van der Waals surface area (Å²) in [5.74, 6) is 0.798. The summed E-state index contributed by atoms with van der Waals surface area (Å²) in [6, 6.07) is 0. The van der Waals surface area contributed by atoms with Crippen LogP contribution in [0.1, 0.15) is 26.2 Å². The molecule has 0 bridgehead atoms. The summed E-state index contributed by atoms with van der Waals surface area (Å²) in [4.78, 5) is 2.56. The fraction of sp³-hybridized carbons (Fsp3) is 1.00. The van der Waals surface area contributed by atoms with Gasteiger partial charge in [0.25, 0.3) is 0 Å². The van der Waals surface area contributed by atoms with Gasteiger partial charge >= 0.3 is 0 Å². The third-order valence-corrected chi connectivity index (χ3v) is 2.60. The van der Waals surface area contributed by atoms with E-state index in [0.29, 0.717) is 0 Å². The minimum atomic E-state index is 0.798. The maximum atomic E-state index is 5.15. The molecular weight excluding hydrogens is 150 g/mol. The van der Waals surface area contributed by atoms with Crippen LogP contribution in [-0.2, 0) is 4.74 Å². The van der Waals surface area contributed by atoms with E-state index in [4.69, 9.17) is 4.74 Å². The fourth-order valence-electron chi connectivity index (χ4n) is 1.87. The van der Waals surface area contributed by atoms with Crippen molar-refractivity contribution in [3.8, 4) is 0 Å². The van der Waals surface area contributed by atoms with Crippen LogP contribution in [0.25, 0.3) is 0 Å². The van der Waals surface area contributed by atoms with E-state index in [1.807, 2.05) is 0 Å². The van der Waals surface area contributed by atoms with Crippen molar-refractivity contribution in [3.05, 3.63) is 0 Å². The third-order valence-electron chi connectivity index (χ3n) is 2.60. The van der Waals surface area contributed by atoms with E-state index in [1.54, 1.807) is 7.11 Å². The zero-order chi connectivity index (χ0) is 8.81. The summed E-state index contributed by atoms with van der Waals surface area (Å²) < 4.78 is 5.15. The predicted molar refractivity (Wildman–Crippen MR) is 51.3 cm³/mol. The second-order valence-electron chi connectivity index (χ2n) is 3.76. The first-order valence-electron chi connectivity index (χ1n) is 5.08. The van der Waals surface area contributed by atoms with Crippen molar-refractivity contribution in [2.75, 3.05) is 33.4 Å². The van der Waals surface area contributed by atoms with Gasteiger partial charge in [0.15, 0.2) is 0 Å². The molecule has 72 valence electrons. The lowest BCUT2D eigenvalue weighted by Crippen LogP contribution is -2.22. The lowest BCUT2D eigenvalue weighted by atomic mass is 10.1. The molecular formula is C10H21NO. The number of unbranched alkanes of at least 4 members (excludes halogenated alkanes) is 1. The Bertz CT molecular complexity index is 116. The maximum absolute atomic E-state index is 5.15. The van der Waals surface area contributed by atoms with E-state index in [0.717, 1.165) is 12.5 Å². The number of ether oxygens (including phenoxy) is 1. The van der Waals surface area contributed by atoms with E-state index in [1.165, 1.54) is 38.9 Å². The predicted octanol–water partition coefficient (Wildman–Crippen LogP) is 1.75. The van der Waals surface area contributed by atoms with Crippen molar-refractivity contribution in [1.82, 2.24) is 4.90 Å². The second-order valence-corrected chi connectivity index (χ2v) is 3.76. The second kappa shape index (κ2) is 5.55. The number of methoxy groups -OCH3 is 1. The first-order chi connectivity index (χ1) is 5.86. The Balaban J connectivity index is 2.08. The number of nitrogens with zero attached hydrogens (tertiary/aromatic N) is 1. The topological polar surface area (TPSA) is 12.5 Å². The standard InChI is InChI=1S/C10H21NO/c1-3-4-6-11-7-5-10(8-11)9-12-2/h10H,3-9H2,1-2H3/t10-/m0/s1. The maximum Gasteiger partial charge on any atom is 0.0503 e. The number of hydrogen-bond acceptors (Lipinski definition) is 2. The molecule has 0 aromatic carbocycles. The van der Waals surface area contributed by atoms with Gasteiger partial charge in [0.1, 0.15) is 0 Å². The van der Waals surface area contributed by atoms with Gasteiger partial charge in [-0.05, 0) is 31.8 Å². The highest BCUT2D eigenvalue weighted by molar-refractivity contribution is 4.74. The summed E-state index contributed by atoms with van der Waals surface area (Å²) in [6.45, 7) is 7.03. The van der Waals surface area contributed by atoms with Crippen LogP contribution in [0.5, 0.6) is 0 Å². The van der Waals surface area contributed by atoms with Gasteiger partial charge in [-0.25, -0.2) is 0 Å². The van der Waals surface area contributed by atoms with Gasteiger partial charge in [0.05, 0.1) is 6.61 Å². The molecule has 0 saturated carbocycles. The van der Waals surface area contributed by atoms with Gasteiger partial charge in [-0.1, -0.05) is 13.3 Å². The van der Waals surface area contributed by atoms with Crippen LogP contribution in [0, 0.1) is 5.92 Å². The molecule has 1 saturated heterocycles. The van der Waals surface area contributed by atoms with Crippen molar-refractivity contribution >= 4 is 0 Å². The van der Waals surface area contributed by atoms with Crippen molar-refractivity contribution in [2.45, 2.75) is 26.2 Å². The highest BCUT2D eigenvalue weighted by Crippen LogP contribution is 2.16. The molecule has 0 N–H and O–H groups in total. The summed E-state index contributed by atoms with van der Waals surface area (Å²) in [5.41, 5.74) is 0. The van der Waals surface area contributed by atoms with Gasteiger partial charge in [0, 0.05) is 13.7 Å². The lowest BCUT2D eigenvalue weighted by Gasteiger charge is -2.14. The molecule has 0 unspecified atom stereocenters. The third kappa shape index (κ3) is 3.11. The summed E-state index contributed by atoms with van der Waals surface area (Å²) in [7, 11) is 1.80. The average molecular weight is 171 g/mol. The molecule has 0 amide bonds. The quantitative estimate of drug-likeness (QED) is 0.625. The Kier molecular flexibility index (Phi) is 4.62. The van der Waals surface area contributed by atoms with Crippen LogP contribution in [0.3, 0.4) is 0 Å². The molecule has 0 aromatic heterocycles. The van der Waals surface area contributed by atoms with Crippen molar-refractivity contribution < 1.29 is 4.74 Å². The van der Waals surface area contributed by atoms with Crippen LogP contribution < -0.4 is 0 Å². The molecule has 1 aliphatic rings. The highest BCUT2D eigenvalue weighted by Gasteiger charge is 2.21. The molecule has 2 heteroatoms. The molecule has 0 aliphatic carbocycles. The molecule has 1 aliphatic heterocycles. The van der Waals surface area contributed by atoms with Gasteiger partial charge in [-0.2, -0.15) is 0 Å². The largest absolute Gasteiger partial charge is 0.384 e. The van der Waals surface area contributed by atoms with Gasteiger partial charge in [0.2, 0.25) is 0 Å². The van der Waals surface area contributed by atoms with Gasteiger partial charge in [-0.15, -0.1) is 0 Å². The van der Waals surface area contributed by atoms with Crippen LogP contribution in [0.15, 0.2) is 0 Å². The van der Waals surface area contributed by atoms with Crippen LogP contribution in [0.4, 0.5) is 0 Å². The molecule has 12 heavy (non-hydrogen) atoms. The Morgan fingerprint density at radius 1 is 1.50 bits per heavy atom. The number of rotatable bonds is 5. The Labute approximate surface area is 75.9 Å². The van der Waals surface area contributed by atoms with E-state index >= 15 is 0 Å². The first kappa shape index (κ1) is 10.0. The average Bonchev–Trinajstić information content (AvgIpc) is 2.50. The summed E-state index contributed by atoms with van der Waals surface area (Å²) in [6.07, 6.45) is 3.99. The van der Waals surface area contributed by atoms with Crippen LogP contribution in [0.2, 0.25) is 0 Å². The molecule has 1 atom stereocenters. The zero-order valence-corrected chi connectivity index (χ0v) is 8.38. The number of hydrogen-bond donors (Lipinski definition) is 0. The first-order valence-corrected chi connectivity index (χ1v) is 5.08. The lowest BCUT2D eigenvalue weighted by molar-refractivity contribution is 0.153. The monoisotopic (exact) mass is 171 g/mol. The molecule has 2 nitrogen and oxygen atoms in total. The van der Waals surface area contributed by atoms with E-state index in [9.17, 15) is 0 Å². The van der Waals surface area contributed by atoms with Crippen molar-refractivity contribution in [2.24, 2.45) is 5.92 Å². The molecule has 1 heterocycles. The zero-order valence-electron chi connectivity index (χ0n) is 8.38. The van der Waals surface area contributed by atoms with Crippen LogP contribution in [-0.4, -0.2) is 38.3 Å². The number of likely N-dealkylation sites (tertiary alicyclic amines) is 1. The molecule has 1 rings (SSSR count). The smallest absolute Gasteiger partial charge is 0.0503 e. The Morgan fingerprint density at radius 2 is 2.33 bits per heavy atom. The summed E-state index contributed by atoms with van der Waals surface area (Å²) in [5, 5.41) is 0. The molecule has 1 fully saturated rings. The Hall–Kier alpha value is -0.0800. The van der Waals surface area contributed by atoms with Crippen molar-refractivity contribution in [1.29, 1.82) is 0 Å².